The van der Waals surface area contributed by atoms with Gasteiger partial charge in [-0.2, -0.15) is 0 Å². The quantitative estimate of drug-likeness (QED) is 0.0528. The average Bonchev–Trinajstić information content (AvgIpc) is 3.45. The number of likely N-dealkylation sites (tertiary alicyclic amines) is 2. The van der Waals surface area contributed by atoms with E-state index in [1.807, 2.05) is 49.4 Å². The summed E-state index contributed by atoms with van der Waals surface area (Å²) in [6, 6.07) is 21.8. The number of hydrogen-bond acceptors (Lipinski definition) is 12. The second kappa shape index (κ2) is 31.1. The van der Waals surface area contributed by atoms with Crippen LogP contribution in [0.25, 0.3) is 11.1 Å². The van der Waals surface area contributed by atoms with Crippen LogP contribution in [0.15, 0.2) is 123 Å². The summed E-state index contributed by atoms with van der Waals surface area (Å²) in [6.07, 6.45) is 18.0. The molecule has 0 amide bonds. The van der Waals surface area contributed by atoms with Crippen molar-refractivity contribution in [3.05, 3.63) is 125 Å². The minimum absolute atomic E-state index is 0. The van der Waals surface area contributed by atoms with Crippen LogP contribution in [0.5, 0.6) is 0 Å². The Hall–Kier alpha value is -3.74. The lowest BCUT2D eigenvalue weighted by Gasteiger charge is -2.32. The zero-order valence-electron chi connectivity index (χ0n) is 48.4. The largest absolute Gasteiger partial charge is 0.303 e. The zero-order chi connectivity index (χ0) is 57.1. The summed E-state index contributed by atoms with van der Waals surface area (Å²) in [5.74, 6) is 0.557. The van der Waals surface area contributed by atoms with Gasteiger partial charge in [0, 0.05) is 27.6 Å². The molecule has 0 N–H and O–H groups in total. The third-order valence-corrected chi connectivity index (χ3v) is 23.5. The molecule has 0 saturated carbocycles. The standard InChI is InChI=1S/C32H44N2O4S2.C31H50N2O4S2.H2/c1-3-17-33-19-13-27(14-20-33)29-9-7-11-31(25-29)39(35,36)23-5-6-24-40(37,38)32-12-8-10-30(26-32)28-15-21-34(18-4-2)22-16-28;1-5-16-32-18-12-28(13-19-32)26(3)24-27(4)38(34,35)22-7-8-23-39(36,37)31-11-9-10-30(25-31)29-14-20-33(17-6-2)21-15-29;/h7-13,15,25-26H,3-6,14,16-24H2,1-2H3;9-11,24-25,28-29H,4-8,12-23H2,1-3H3;1H/b;26-24+;. The number of benzene rings is 3. The number of sulfone groups is 4. The second-order valence-electron chi connectivity index (χ2n) is 22.5. The van der Waals surface area contributed by atoms with Crippen molar-refractivity contribution < 1.29 is 35.1 Å². The van der Waals surface area contributed by atoms with E-state index in [1.54, 1.807) is 36.4 Å². The monoisotopic (exact) mass is 1160 g/mol. The summed E-state index contributed by atoms with van der Waals surface area (Å²) in [4.78, 5) is 10.9. The van der Waals surface area contributed by atoms with Gasteiger partial charge in [-0.05, 0) is 231 Å². The molecule has 7 rings (SSSR count). The van der Waals surface area contributed by atoms with Gasteiger partial charge in [0.25, 0.3) is 0 Å². The van der Waals surface area contributed by atoms with Crippen molar-refractivity contribution in [2.24, 2.45) is 5.92 Å². The molecular weight excluding hydrogens is 1070 g/mol. The Bertz CT molecular complexity index is 2910. The molecule has 0 radical (unpaired) electrons. The molecule has 4 heterocycles. The Labute approximate surface area is 479 Å². The molecule has 0 unspecified atom stereocenters. The van der Waals surface area contributed by atoms with E-state index < -0.39 is 39.3 Å². The Kier molecular flexibility index (Phi) is 25.3. The highest BCUT2D eigenvalue weighted by molar-refractivity contribution is 7.95. The van der Waals surface area contributed by atoms with Crippen molar-refractivity contribution in [3.8, 4) is 0 Å². The van der Waals surface area contributed by atoms with Crippen molar-refractivity contribution in [2.45, 2.75) is 145 Å². The SMILES string of the molecule is C=C(/C=C(\C)C1CCN(CCC)CC1)S(=O)(=O)CCCCS(=O)(=O)c1cccc(C2CCN(CCC)CC2)c1.CCCN1CC=C(c2cccc(S(=O)(=O)CCCCS(=O)(=O)c3cccc(C4=CCN(CCC)CC4)c3)c2)CC1.[HH]. The summed E-state index contributed by atoms with van der Waals surface area (Å²) >= 11 is 0. The van der Waals surface area contributed by atoms with Gasteiger partial charge in [0.2, 0.25) is 0 Å². The molecule has 0 spiro atoms. The first kappa shape index (κ1) is 64.4. The zero-order valence-corrected chi connectivity index (χ0v) is 51.7. The number of piperidine rings is 2. The normalized spacial score (nSPS) is 18.4. The molecule has 79 heavy (non-hydrogen) atoms. The van der Waals surface area contributed by atoms with Crippen LogP contribution >= 0.6 is 0 Å². The van der Waals surface area contributed by atoms with Crippen LogP contribution in [-0.2, 0) is 39.3 Å². The van der Waals surface area contributed by atoms with Crippen LogP contribution in [0.4, 0.5) is 0 Å². The van der Waals surface area contributed by atoms with Crippen LogP contribution in [0.1, 0.15) is 149 Å². The predicted molar refractivity (Wildman–Crippen MR) is 330 cm³/mol. The first-order valence-corrected chi connectivity index (χ1v) is 36.2. The molecule has 2 fully saturated rings. The third-order valence-electron chi connectivity index (χ3n) is 16.3. The molecule has 12 nitrogen and oxygen atoms in total. The number of unbranched alkanes of at least 4 members (excludes halogenated alkanes) is 2. The topological polar surface area (TPSA) is 150 Å². The van der Waals surface area contributed by atoms with Gasteiger partial charge >= 0.3 is 0 Å². The van der Waals surface area contributed by atoms with Crippen LogP contribution < -0.4 is 0 Å². The average molecular weight is 1170 g/mol. The van der Waals surface area contributed by atoms with Gasteiger partial charge in [-0.25, -0.2) is 33.7 Å². The van der Waals surface area contributed by atoms with E-state index >= 15 is 0 Å². The predicted octanol–water partition coefficient (Wildman–Crippen LogP) is 11.8. The second-order valence-corrected chi connectivity index (χ2v) is 31.0. The van der Waals surface area contributed by atoms with Gasteiger partial charge in [-0.3, -0.25) is 9.80 Å². The van der Waals surface area contributed by atoms with Crippen molar-refractivity contribution in [1.29, 1.82) is 0 Å². The molecule has 0 aromatic heterocycles. The summed E-state index contributed by atoms with van der Waals surface area (Å²) in [7, 11) is -14.0. The number of nitrogens with zero attached hydrogens (tertiary/aromatic N) is 4. The van der Waals surface area contributed by atoms with E-state index in [4.69, 9.17) is 0 Å². The molecule has 2 saturated heterocycles. The summed E-state index contributed by atoms with van der Waals surface area (Å²) in [5.41, 5.74) is 6.50. The van der Waals surface area contributed by atoms with Gasteiger partial charge in [0.1, 0.15) is 0 Å². The fourth-order valence-electron chi connectivity index (χ4n) is 11.6. The maximum atomic E-state index is 13.1. The van der Waals surface area contributed by atoms with Gasteiger partial charge in [0.15, 0.2) is 39.3 Å². The summed E-state index contributed by atoms with van der Waals surface area (Å²) in [5, 5.41) is 0. The molecule has 4 aliphatic rings. The lowest BCUT2D eigenvalue weighted by Crippen LogP contribution is -2.34. The molecule has 4 aliphatic heterocycles. The van der Waals surface area contributed by atoms with Crippen molar-refractivity contribution in [3.63, 3.8) is 0 Å². The van der Waals surface area contributed by atoms with Gasteiger partial charge in [-0.1, -0.05) is 88.4 Å². The van der Waals surface area contributed by atoms with E-state index in [2.05, 4.69) is 66.0 Å². The van der Waals surface area contributed by atoms with Gasteiger partial charge < -0.3 is 9.80 Å². The first-order valence-electron chi connectivity index (χ1n) is 29.6. The number of hydrogen-bond donors (Lipinski definition) is 0. The van der Waals surface area contributed by atoms with Crippen LogP contribution in [0.2, 0.25) is 0 Å². The Balaban J connectivity index is 0.000000290. The van der Waals surface area contributed by atoms with Crippen molar-refractivity contribution in [2.75, 3.05) is 102 Å². The molecule has 3 aromatic carbocycles. The van der Waals surface area contributed by atoms with Gasteiger partial charge in [0.05, 0.1) is 42.6 Å². The van der Waals surface area contributed by atoms with Crippen LogP contribution in [0.3, 0.4) is 0 Å². The molecule has 0 aliphatic carbocycles. The fraction of sp³-hybridized carbons (Fsp3) is 0.587. The molecule has 0 bridgehead atoms. The fourth-order valence-corrected chi connectivity index (χ4v) is 17.0. The Morgan fingerprint density at radius 1 is 0.519 bits per heavy atom. The molecule has 16 heteroatoms. The maximum Gasteiger partial charge on any atom is 0.178 e. The molecular formula is C63H96N4O8S4. The minimum Gasteiger partial charge on any atom is -0.303 e. The first-order chi connectivity index (χ1) is 37.8. The highest BCUT2D eigenvalue weighted by Crippen LogP contribution is 2.32. The van der Waals surface area contributed by atoms with Crippen molar-refractivity contribution >= 4 is 50.5 Å². The summed E-state index contributed by atoms with van der Waals surface area (Å²) in [6.45, 7) is 27.0. The molecule has 3 aromatic rings. The van der Waals surface area contributed by atoms with E-state index in [1.165, 1.54) is 11.1 Å². The Morgan fingerprint density at radius 3 is 1.33 bits per heavy atom. The maximum absolute atomic E-state index is 13.1. The highest BCUT2D eigenvalue weighted by atomic mass is 32.2. The Morgan fingerprint density at radius 2 is 0.911 bits per heavy atom. The molecule has 0 atom stereocenters. The van der Waals surface area contributed by atoms with Crippen LogP contribution in [0, 0.1) is 5.92 Å². The number of allylic oxidation sites excluding steroid dienone is 2. The number of rotatable bonds is 27. The van der Waals surface area contributed by atoms with Gasteiger partial charge in [-0.15, -0.1) is 0 Å². The summed E-state index contributed by atoms with van der Waals surface area (Å²) < 4.78 is 104. The third kappa shape index (κ3) is 19.7. The minimum atomic E-state index is -3.51. The highest BCUT2D eigenvalue weighted by Gasteiger charge is 2.26. The van der Waals surface area contributed by atoms with E-state index in [0.717, 1.165) is 165 Å². The van der Waals surface area contributed by atoms with Crippen molar-refractivity contribution in [1.82, 2.24) is 19.6 Å². The molecule has 440 valence electrons. The lowest BCUT2D eigenvalue weighted by molar-refractivity contribution is 0.199. The van der Waals surface area contributed by atoms with E-state index in [9.17, 15) is 33.7 Å². The lowest BCUT2D eigenvalue weighted by atomic mass is 9.89. The van der Waals surface area contributed by atoms with E-state index in [0.29, 0.717) is 52.2 Å². The van der Waals surface area contributed by atoms with E-state index in [-0.39, 0.29) is 29.3 Å². The van der Waals surface area contributed by atoms with Crippen LogP contribution in [-0.4, -0.2) is 155 Å². The smallest absolute Gasteiger partial charge is 0.178 e.